The van der Waals surface area contributed by atoms with Gasteiger partial charge in [0.25, 0.3) is 0 Å². The van der Waals surface area contributed by atoms with Crippen molar-refractivity contribution in [2.75, 3.05) is 53.7 Å². The minimum absolute atomic E-state index is 0.0600. The van der Waals surface area contributed by atoms with E-state index < -0.39 is 9.84 Å². The van der Waals surface area contributed by atoms with Crippen molar-refractivity contribution in [3.05, 3.63) is 48.5 Å². The van der Waals surface area contributed by atoms with Gasteiger partial charge in [-0.15, -0.1) is 0 Å². The van der Waals surface area contributed by atoms with E-state index in [9.17, 15) is 8.42 Å². The molecule has 6 rings (SSSR count). The van der Waals surface area contributed by atoms with Gasteiger partial charge in [-0.1, -0.05) is 0 Å². The van der Waals surface area contributed by atoms with Crippen LogP contribution in [0.3, 0.4) is 0 Å². The Morgan fingerprint density at radius 2 is 1.63 bits per heavy atom. The molecule has 0 N–H and O–H groups in total. The second-order valence-corrected chi connectivity index (χ2v) is 12.3. The summed E-state index contributed by atoms with van der Waals surface area (Å²) in [6.07, 6.45) is 13.0. The molecule has 38 heavy (non-hydrogen) atoms. The molecule has 0 aliphatic carbocycles. The zero-order valence-electron chi connectivity index (χ0n) is 21.7. The number of anilines is 4. The fraction of sp³-hybridized carbons (Fsp3) is 0.481. The van der Waals surface area contributed by atoms with Crippen LogP contribution in [0.4, 0.5) is 23.1 Å². The molecule has 2 saturated heterocycles. The molecule has 0 unspecified atom stereocenters. The Hall–Kier alpha value is -3.47. The number of sulfone groups is 1. The number of rotatable bonds is 6. The van der Waals surface area contributed by atoms with Crippen molar-refractivity contribution in [3.63, 3.8) is 0 Å². The maximum Gasteiger partial charge on any atom is 0.225 e. The van der Waals surface area contributed by atoms with E-state index in [0.29, 0.717) is 10.8 Å². The summed E-state index contributed by atoms with van der Waals surface area (Å²) in [4.78, 5) is 25.2. The van der Waals surface area contributed by atoms with Crippen LogP contribution in [0, 0.1) is 0 Å². The zero-order chi connectivity index (χ0) is 26.1. The van der Waals surface area contributed by atoms with E-state index in [-0.39, 0.29) is 6.10 Å². The van der Waals surface area contributed by atoms with Crippen LogP contribution in [0.1, 0.15) is 37.7 Å². The third-order valence-corrected chi connectivity index (χ3v) is 8.75. The Bertz CT molecular complexity index is 1390. The van der Waals surface area contributed by atoms with Gasteiger partial charge >= 0.3 is 0 Å². The summed E-state index contributed by atoms with van der Waals surface area (Å²) >= 11 is 0. The average molecular weight is 536 g/mol. The van der Waals surface area contributed by atoms with Gasteiger partial charge in [-0.2, -0.15) is 0 Å². The first-order valence-corrected chi connectivity index (χ1v) is 15.2. The number of ether oxygens (including phenoxy) is 1. The standard InChI is InChI=1S/C27H33N7O3S/c1-38(35,36)23-5-6-24-20(15-23)7-14-34(24)25-16-26(31-19-30-25)37-22-8-12-33(13-9-22)27-28-17-21(18-29-27)32-10-3-2-4-11-32/h5-6,15-19,22H,2-4,7-14H2,1H3. The molecule has 3 aliphatic rings. The van der Waals surface area contributed by atoms with Crippen molar-refractivity contribution in [1.29, 1.82) is 0 Å². The van der Waals surface area contributed by atoms with Crippen LogP contribution in [0.5, 0.6) is 5.88 Å². The fourth-order valence-electron chi connectivity index (χ4n) is 5.53. The van der Waals surface area contributed by atoms with Crippen LogP contribution < -0.4 is 19.4 Å². The van der Waals surface area contributed by atoms with Crippen LogP contribution in [0.2, 0.25) is 0 Å². The minimum Gasteiger partial charge on any atom is -0.474 e. The van der Waals surface area contributed by atoms with E-state index in [0.717, 1.165) is 80.7 Å². The predicted molar refractivity (Wildman–Crippen MR) is 146 cm³/mol. The van der Waals surface area contributed by atoms with Crippen molar-refractivity contribution in [3.8, 4) is 5.88 Å². The molecule has 0 saturated carbocycles. The van der Waals surface area contributed by atoms with Crippen molar-refractivity contribution >= 4 is 33.0 Å². The lowest BCUT2D eigenvalue weighted by molar-refractivity contribution is 0.163. The number of aromatic nitrogens is 4. The predicted octanol–water partition coefficient (Wildman–Crippen LogP) is 3.40. The molecule has 3 aliphatic heterocycles. The zero-order valence-corrected chi connectivity index (χ0v) is 22.5. The smallest absolute Gasteiger partial charge is 0.225 e. The van der Waals surface area contributed by atoms with Gasteiger partial charge in [0, 0.05) is 63.6 Å². The number of fused-ring (bicyclic) bond motifs is 1. The van der Waals surface area contributed by atoms with E-state index in [1.54, 1.807) is 12.1 Å². The van der Waals surface area contributed by atoms with Gasteiger partial charge in [0.1, 0.15) is 18.2 Å². The average Bonchev–Trinajstić information content (AvgIpc) is 3.37. The number of piperidine rings is 2. The van der Waals surface area contributed by atoms with Crippen LogP contribution in [0.15, 0.2) is 47.9 Å². The van der Waals surface area contributed by atoms with Crippen molar-refractivity contribution in [1.82, 2.24) is 19.9 Å². The lowest BCUT2D eigenvalue weighted by atomic mass is 10.1. The number of benzene rings is 1. The quantitative estimate of drug-likeness (QED) is 0.466. The first-order valence-electron chi connectivity index (χ1n) is 13.4. The SMILES string of the molecule is CS(=O)(=O)c1ccc2c(c1)CCN2c1cc(OC2CCN(c3ncc(N4CCCCC4)cn3)CC2)ncn1. The maximum absolute atomic E-state index is 11.9. The summed E-state index contributed by atoms with van der Waals surface area (Å²) in [5, 5.41) is 0. The number of hydrogen-bond acceptors (Lipinski definition) is 10. The fourth-order valence-corrected chi connectivity index (χ4v) is 6.20. The second-order valence-electron chi connectivity index (χ2n) is 10.3. The number of hydrogen-bond donors (Lipinski definition) is 0. The van der Waals surface area contributed by atoms with E-state index in [1.165, 1.54) is 31.8 Å². The monoisotopic (exact) mass is 535 g/mol. The summed E-state index contributed by atoms with van der Waals surface area (Å²) in [5.74, 6) is 2.08. The van der Waals surface area contributed by atoms with E-state index in [1.807, 2.05) is 24.5 Å². The molecule has 11 heteroatoms. The molecule has 0 atom stereocenters. The molecule has 5 heterocycles. The Morgan fingerprint density at radius 3 is 2.37 bits per heavy atom. The molecule has 2 fully saturated rings. The second kappa shape index (κ2) is 10.4. The third-order valence-electron chi connectivity index (χ3n) is 7.64. The van der Waals surface area contributed by atoms with E-state index in [2.05, 4.69) is 34.6 Å². The highest BCUT2D eigenvalue weighted by molar-refractivity contribution is 7.90. The van der Waals surface area contributed by atoms with Gasteiger partial charge in [-0.05, 0) is 49.4 Å². The van der Waals surface area contributed by atoms with Gasteiger partial charge in [0.2, 0.25) is 11.8 Å². The van der Waals surface area contributed by atoms with E-state index >= 15 is 0 Å². The van der Waals surface area contributed by atoms with Crippen LogP contribution >= 0.6 is 0 Å². The number of nitrogens with zero attached hydrogens (tertiary/aromatic N) is 7. The molecule has 2 aromatic heterocycles. The van der Waals surface area contributed by atoms with Crippen LogP contribution in [-0.4, -0.2) is 73.4 Å². The Balaban J connectivity index is 1.07. The molecule has 0 spiro atoms. The molecule has 0 bridgehead atoms. The highest BCUT2D eigenvalue weighted by Crippen LogP contribution is 2.36. The minimum atomic E-state index is -3.24. The Labute approximate surface area is 223 Å². The molecule has 0 radical (unpaired) electrons. The molecular formula is C27H33N7O3S. The topological polar surface area (TPSA) is 105 Å². The Kier molecular flexibility index (Phi) is 6.77. The summed E-state index contributed by atoms with van der Waals surface area (Å²) < 4.78 is 30.1. The summed E-state index contributed by atoms with van der Waals surface area (Å²) in [6.45, 7) is 4.56. The highest BCUT2D eigenvalue weighted by Gasteiger charge is 2.26. The maximum atomic E-state index is 11.9. The molecule has 1 aromatic carbocycles. The van der Waals surface area contributed by atoms with Gasteiger partial charge in [-0.25, -0.2) is 28.4 Å². The third kappa shape index (κ3) is 5.24. The van der Waals surface area contributed by atoms with Crippen molar-refractivity contribution in [2.24, 2.45) is 0 Å². The lowest BCUT2D eigenvalue weighted by Gasteiger charge is -2.32. The molecule has 200 valence electrons. The van der Waals surface area contributed by atoms with Gasteiger partial charge in [-0.3, -0.25) is 0 Å². The first kappa shape index (κ1) is 24.8. The van der Waals surface area contributed by atoms with Gasteiger partial charge < -0.3 is 19.4 Å². The first-order chi connectivity index (χ1) is 18.4. The van der Waals surface area contributed by atoms with Gasteiger partial charge in [0.15, 0.2) is 9.84 Å². The van der Waals surface area contributed by atoms with Crippen LogP contribution in [0.25, 0.3) is 0 Å². The molecule has 10 nitrogen and oxygen atoms in total. The van der Waals surface area contributed by atoms with E-state index in [4.69, 9.17) is 4.74 Å². The molecule has 0 amide bonds. The largest absolute Gasteiger partial charge is 0.474 e. The Morgan fingerprint density at radius 1 is 0.868 bits per heavy atom. The lowest BCUT2D eigenvalue weighted by Crippen LogP contribution is -2.39. The van der Waals surface area contributed by atoms with Crippen LogP contribution in [-0.2, 0) is 16.3 Å². The molecular weight excluding hydrogens is 502 g/mol. The van der Waals surface area contributed by atoms with Gasteiger partial charge in [0.05, 0.1) is 23.0 Å². The highest BCUT2D eigenvalue weighted by atomic mass is 32.2. The van der Waals surface area contributed by atoms with Crippen molar-refractivity contribution in [2.45, 2.75) is 49.5 Å². The summed E-state index contributed by atoms with van der Waals surface area (Å²) in [5.41, 5.74) is 3.09. The molecule has 3 aromatic rings. The van der Waals surface area contributed by atoms with Crippen molar-refractivity contribution < 1.29 is 13.2 Å². The summed E-state index contributed by atoms with van der Waals surface area (Å²) in [6, 6.07) is 7.15. The summed E-state index contributed by atoms with van der Waals surface area (Å²) in [7, 11) is -3.24. The normalized spacial score (nSPS) is 18.5.